The van der Waals surface area contributed by atoms with E-state index in [2.05, 4.69) is 23.5 Å². The molecular formula is C24H36N2O4. The number of hydrogen-bond donors (Lipinski definition) is 1. The van der Waals surface area contributed by atoms with Gasteiger partial charge in [0.15, 0.2) is 0 Å². The number of amides is 1. The number of esters is 1. The minimum Gasteiger partial charge on any atom is -0.469 e. The number of nitrogens with zero attached hydrogens (tertiary/aromatic N) is 1. The van der Waals surface area contributed by atoms with E-state index < -0.39 is 5.60 Å². The summed E-state index contributed by atoms with van der Waals surface area (Å²) in [6.45, 7) is 9.12. The molecule has 0 spiro atoms. The molecule has 1 saturated heterocycles. The lowest BCUT2D eigenvalue weighted by Crippen LogP contribution is -2.45. The number of benzene rings is 1. The van der Waals surface area contributed by atoms with E-state index in [0.717, 1.165) is 44.3 Å². The first-order valence-corrected chi connectivity index (χ1v) is 11.1. The van der Waals surface area contributed by atoms with Gasteiger partial charge in [0, 0.05) is 24.8 Å². The van der Waals surface area contributed by atoms with E-state index in [9.17, 15) is 9.59 Å². The Balaban J connectivity index is 1.57. The van der Waals surface area contributed by atoms with Crippen LogP contribution >= 0.6 is 0 Å². The Hall–Kier alpha value is -2.24. The number of nitrogens with one attached hydrogen (secondary N) is 1. The molecular weight excluding hydrogens is 380 g/mol. The predicted molar refractivity (Wildman–Crippen MR) is 118 cm³/mol. The third-order valence-corrected chi connectivity index (χ3v) is 6.15. The number of carbonyl (C=O) groups excluding carboxylic acids is 2. The molecule has 6 nitrogen and oxygen atoms in total. The number of ether oxygens (including phenoxy) is 2. The van der Waals surface area contributed by atoms with Crippen molar-refractivity contribution in [2.45, 2.75) is 71.4 Å². The fraction of sp³-hybridized carbons (Fsp3) is 0.667. The first-order valence-electron chi connectivity index (χ1n) is 11.1. The Labute approximate surface area is 180 Å². The van der Waals surface area contributed by atoms with Crippen LogP contribution in [-0.2, 0) is 27.1 Å². The van der Waals surface area contributed by atoms with Crippen molar-refractivity contribution in [3.05, 3.63) is 29.3 Å². The van der Waals surface area contributed by atoms with Crippen LogP contribution in [0.4, 0.5) is 10.5 Å². The summed E-state index contributed by atoms with van der Waals surface area (Å²) >= 11 is 0. The second-order valence-corrected chi connectivity index (χ2v) is 9.71. The minimum absolute atomic E-state index is 0.149. The normalized spacial score (nSPS) is 20.7. The lowest BCUT2D eigenvalue weighted by molar-refractivity contribution is -0.144. The SMILES string of the molecule is COC(=O)[C@@H](C)Cc1ccc2c(c1)NC(C1CCN(C(=O)OC(C)(C)C)CC1)CC2. The molecule has 30 heavy (non-hydrogen) atoms. The summed E-state index contributed by atoms with van der Waals surface area (Å²) in [5.74, 6) is 0.231. The van der Waals surface area contributed by atoms with E-state index in [-0.39, 0.29) is 18.0 Å². The molecule has 6 heteroatoms. The van der Waals surface area contributed by atoms with E-state index in [0.29, 0.717) is 18.4 Å². The summed E-state index contributed by atoms with van der Waals surface area (Å²) in [5, 5.41) is 3.75. The van der Waals surface area contributed by atoms with Crippen molar-refractivity contribution in [2.75, 3.05) is 25.5 Å². The van der Waals surface area contributed by atoms with Gasteiger partial charge in [-0.25, -0.2) is 4.79 Å². The monoisotopic (exact) mass is 416 g/mol. The highest BCUT2D eigenvalue weighted by Gasteiger charge is 2.32. The number of likely N-dealkylation sites (tertiary alicyclic amines) is 1. The maximum Gasteiger partial charge on any atom is 0.410 e. The zero-order valence-corrected chi connectivity index (χ0v) is 19.0. The molecule has 2 aliphatic heterocycles. The first-order chi connectivity index (χ1) is 14.2. The zero-order valence-electron chi connectivity index (χ0n) is 19.0. The van der Waals surface area contributed by atoms with Gasteiger partial charge in [-0.3, -0.25) is 4.79 Å². The van der Waals surface area contributed by atoms with Crippen molar-refractivity contribution in [2.24, 2.45) is 11.8 Å². The summed E-state index contributed by atoms with van der Waals surface area (Å²) < 4.78 is 10.4. The highest BCUT2D eigenvalue weighted by Crippen LogP contribution is 2.33. The molecule has 0 bridgehead atoms. The van der Waals surface area contributed by atoms with Gasteiger partial charge >= 0.3 is 12.1 Å². The molecule has 0 aromatic heterocycles. The van der Waals surface area contributed by atoms with Crippen molar-refractivity contribution in [3.8, 4) is 0 Å². The number of methoxy groups -OCH3 is 1. The van der Waals surface area contributed by atoms with Crippen LogP contribution in [0, 0.1) is 11.8 Å². The summed E-state index contributed by atoms with van der Waals surface area (Å²) in [5.41, 5.74) is 3.23. The lowest BCUT2D eigenvalue weighted by atomic mass is 9.83. The third-order valence-electron chi connectivity index (χ3n) is 6.15. The smallest absolute Gasteiger partial charge is 0.410 e. The van der Waals surface area contributed by atoms with Crippen LogP contribution in [0.5, 0.6) is 0 Å². The molecule has 2 aliphatic rings. The van der Waals surface area contributed by atoms with Crippen molar-refractivity contribution >= 4 is 17.7 Å². The van der Waals surface area contributed by atoms with Crippen molar-refractivity contribution in [1.29, 1.82) is 0 Å². The Morgan fingerprint density at radius 1 is 1.20 bits per heavy atom. The third kappa shape index (κ3) is 5.67. The van der Waals surface area contributed by atoms with Crippen LogP contribution in [0.3, 0.4) is 0 Å². The number of hydrogen-bond acceptors (Lipinski definition) is 5. The lowest BCUT2D eigenvalue weighted by Gasteiger charge is -2.39. The van der Waals surface area contributed by atoms with E-state index in [1.807, 2.05) is 32.6 Å². The van der Waals surface area contributed by atoms with Gasteiger partial charge in [0.1, 0.15) is 5.60 Å². The quantitative estimate of drug-likeness (QED) is 0.736. The molecule has 166 valence electrons. The Morgan fingerprint density at radius 3 is 2.53 bits per heavy atom. The van der Waals surface area contributed by atoms with Crippen molar-refractivity contribution in [3.63, 3.8) is 0 Å². The van der Waals surface area contributed by atoms with Gasteiger partial charge in [-0.1, -0.05) is 19.1 Å². The molecule has 0 saturated carbocycles. The standard InChI is InChI=1S/C24H36N2O4/c1-16(22(27)29-5)14-17-6-7-18-8-9-20(25-21(18)15-17)19-10-12-26(13-11-19)23(28)30-24(2,3)4/h6-7,15-16,19-20,25H,8-14H2,1-5H3/t16-,20?/m0/s1. The number of piperidine rings is 1. The maximum absolute atomic E-state index is 12.3. The molecule has 0 radical (unpaired) electrons. The Kier molecular flexibility index (Phi) is 6.94. The topological polar surface area (TPSA) is 67.9 Å². The molecule has 1 aromatic rings. The summed E-state index contributed by atoms with van der Waals surface area (Å²) in [7, 11) is 1.44. The molecule has 2 heterocycles. The fourth-order valence-corrected chi connectivity index (χ4v) is 4.49. The average molecular weight is 417 g/mol. The van der Waals surface area contributed by atoms with Crippen LogP contribution in [0.15, 0.2) is 18.2 Å². The highest BCUT2D eigenvalue weighted by atomic mass is 16.6. The van der Waals surface area contributed by atoms with Gasteiger partial charge in [-0.15, -0.1) is 0 Å². The van der Waals surface area contributed by atoms with Gasteiger partial charge in [0.25, 0.3) is 0 Å². The molecule has 1 unspecified atom stereocenters. The maximum atomic E-state index is 12.3. The van der Waals surface area contributed by atoms with Crippen molar-refractivity contribution in [1.82, 2.24) is 4.90 Å². The number of rotatable bonds is 4. The van der Waals surface area contributed by atoms with E-state index in [1.165, 1.54) is 18.4 Å². The largest absolute Gasteiger partial charge is 0.469 e. The summed E-state index contributed by atoms with van der Waals surface area (Å²) in [4.78, 5) is 25.9. The zero-order chi connectivity index (χ0) is 21.9. The van der Waals surface area contributed by atoms with Crippen LogP contribution in [0.25, 0.3) is 0 Å². The number of fused-ring (bicyclic) bond motifs is 1. The highest BCUT2D eigenvalue weighted by molar-refractivity contribution is 5.72. The predicted octanol–water partition coefficient (Wildman–Crippen LogP) is 4.41. The summed E-state index contributed by atoms with van der Waals surface area (Å²) in [6.07, 6.45) is 4.64. The molecule has 2 atom stereocenters. The van der Waals surface area contributed by atoms with Crippen LogP contribution in [0.1, 0.15) is 58.1 Å². The van der Waals surface area contributed by atoms with Gasteiger partial charge in [-0.05, 0) is 76.0 Å². The number of anilines is 1. The average Bonchev–Trinajstić information content (AvgIpc) is 2.71. The van der Waals surface area contributed by atoms with Gasteiger partial charge < -0.3 is 19.7 Å². The van der Waals surface area contributed by atoms with Crippen LogP contribution in [0.2, 0.25) is 0 Å². The van der Waals surface area contributed by atoms with Crippen LogP contribution in [-0.4, -0.2) is 48.8 Å². The molecule has 3 rings (SSSR count). The Bertz CT molecular complexity index is 763. The number of aryl methyl sites for hydroxylation is 1. The summed E-state index contributed by atoms with van der Waals surface area (Å²) in [6, 6.07) is 6.92. The van der Waals surface area contributed by atoms with Gasteiger partial charge in [-0.2, -0.15) is 0 Å². The second-order valence-electron chi connectivity index (χ2n) is 9.71. The Morgan fingerprint density at radius 2 is 1.90 bits per heavy atom. The molecule has 1 aromatic carbocycles. The number of carbonyl (C=O) groups is 2. The minimum atomic E-state index is -0.453. The molecule has 1 fully saturated rings. The van der Waals surface area contributed by atoms with Crippen LogP contribution < -0.4 is 5.32 Å². The van der Waals surface area contributed by atoms with Gasteiger partial charge in [0.2, 0.25) is 0 Å². The fourth-order valence-electron chi connectivity index (χ4n) is 4.49. The van der Waals surface area contributed by atoms with E-state index in [4.69, 9.17) is 9.47 Å². The molecule has 1 amide bonds. The first kappa shape index (κ1) is 22.4. The second kappa shape index (κ2) is 9.27. The molecule has 1 N–H and O–H groups in total. The van der Waals surface area contributed by atoms with E-state index >= 15 is 0 Å². The molecule has 0 aliphatic carbocycles. The van der Waals surface area contributed by atoms with Gasteiger partial charge in [0.05, 0.1) is 13.0 Å². The van der Waals surface area contributed by atoms with Crippen molar-refractivity contribution < 1.29 is 19.1 Å². The van der Waals surface area contributed by atoms with E-state index in [1.54, 1.807) is 0 Å².